The molecule has 1 heterocycles. The maximum atomic E-state index is 5.72. The lowest BCUT2D eigenvalue weighted by atomic mass is 9.95. The van der Waals surface area contributed by atoms with Gasteiger partial charge in [0.05, 0.1) is 5.69 Å². The quantitative estimate of drug-likeness (QED) is 0.809. The van der Waals surface area contributed by atoms with Gasteiger partial charge in [0.25, 0.3) is 0 Å². The maximum absolute atomic E-state index is 5.72. The fourth-order valence-corrected chi connectivity index (χ4v) is 1.97. The SMILES string of the molecule is CC(C)c1cccc2ccnc(CN)c12. The molecule has 0 aliphatic carbocycles. The van der Waals surface area contributed by atoms with Gasteiger partial charge in [0.1, 0.15) is 0 Å². The zero-order chi connectivity index (χ0) is 10.8. The average Bonchev–Trinajstić information content (AvgIpc) is 2.27. The molecule has 0 aliphatic rings. The molecule has 0 amide bonds. The van der Waals surface area contributed by atoms with Crippen LogP contribution < -0.4 is 5.73 Å². The molecule has 2 rings (SSSR count). The molecule has 0 spiro atoms. The van der Waals surface area contributed by atoms with Crippen LogP contribution in [0.5, 0.6) is 0 Å². The second-order valence-corrected chi connectivity index (χ2v) is 4.06. The number of fused-ring (bicyclic) bond motifs is 1. The molecule has 1 aromatic carbocycles. The molecule has 2 N–H and O–H groups in total. The van der Waals surface area contributed by atoms with Crippen molar-refractivity contribution in [3.8, 4) is 0 Å². The van der Waals surface area contributed by atoms with Gasteiger partial charge in [-0.2, -0.15) is 0 Å². The van der Waals surface area contributed by atoms with Gasteiger partial charge in [0, 0.05) is 18.1 Å². The summed E-state index contributed by atoms with van der Waals surface area (Å²) in [4.78, 5) is 4.34. The molecule has 0 saturated heterocycles. The number of aromatic nitrogens is 1. The van der Waals surface area contributed by atoms with Crippen molar-refractivity contribution in [2.24, 2.45) is 5.73 Å². The third-order valence-corrected chi connectivity index (χ3v) is 2.72. The Morgan fingerprint density at radius 3 is 2.73 bits per heavy atom. The molecule has 0 aliphatic heterocycles. The molecule has 1 aromatic heterocycles. The number of hydrogen-bond donors (Lipinski definition) is 1. The van der Waals surface area contributed by atoms with Gasteiger partial charge in [-0.15, -0.1) is 0 Å². The van der Waals surface area contributed by atoms with Crippen LogP contribution in [0.4, 0.5) is 0 Å². The highest BCUT2D eigenvalue weighted by atomic mass is 14.7. The molecule has 2 nitrogen and oxygen atoms in total. The molecule has 0 fully saturated rings. The largest absolute Gasteiger partial charge is 0.325 e. The third kappa shape index (κ3) is 1.73. The highest BCUT2D eigenvalue weighted by Gasteiger charge is 2.08. The van der Waals surface area contributed by atoms with Crippen LogP contribution in [0.2, 0.25) is 0 Å². The van der Waals surface area contributed by atoms with Crippen molar-refractivity contribution < 1.29 is 0 Å². The van der Waals surface area contributed by atoms with Gasteiger partial charge in [-0.3, -0.25) is 4.98 Å². The van der Waals surface area contributed by atoms with E-state index in [1.165, 1.54) is 16.3 Å². The Labute approximate surface area is 90.1 Å². The maximum Gasteiger partial charge on any atom is 0.0620 e. The van der Waals surface area contributed by atoms with Crippen LogP contribution >= 0.6 is 0 Å². The van der Waals surface area contributed by atoms with Crippen molar-refractivity contribution in [2.45, 2.75) is 26.3 Å². The number of rotatable bonds is 2. The van der Waals surface area contributed by atoms with Crippen molar-refractivity contribution >= 4 is 10.8 Å². The fourth-order valence-electron chi connectivity index (χ4n) is 1.97. The van der Waals surface area contributed by atoms with E-state index >= 15 is 0 Å². The lowest BCUT2D eigenvalue weighted by Gasteiger charge is -2.12. The van der Waals surface area contributed by atoms with Crippen molar-refractivity contribution in [3.05, 3.63) is 41.7 Å². The summed E-state index contributed by atoms with van der Waals surface area (Å²) in [6.45, 7) is 4.89. The topological polar surface area (TPSA) is 38.9 Å². The van der Waals surface area contributed by atoms with Gasteiger partial charge in [0.15, 0.2) is 0 Å². The van der Waals surface area contributed by atoms with E-state index in [9.17, 15) is 0 Å². The highest BCUT2D eigenvalue weighted by molar-refractivity contribution is 5.88. The first kappa shape index (κ1) is 10.1. The Morgan fingerprint density at radius 2 is 2.07 bits per heavy atom. The number of benzene rings is 1. The molecular formula is C13H16N2. The van der Waals surface area contributed by atoms with Gasteiger partial charge in [0.2, 0.25) is 0 Å². The number of pyridine rings is 1. The van der Waals surface area contributed by atoms with E-state index in [1.807, 2.05) is 12.3 Å². The Hall–Kier alpha value is -1.41. The molecule has 15 heavy (non-hydrogen) atoms. The van der Waals surface area contributed by atoms with Crippen LogP contribution in [0.15, 0.2) is 30.5 Å². The fraction of sp³-hybridized carbons (Fsp3) is 0.308. The lowest BCUT2D eigenvalue weighted by Crippen LogP contribution is -2.02. The molecule has 0 bridgehead atoms. The third-order valence-electron chi connectivity index (χ3n) is 2.72. The summed E-state index contributed by atoms with van der Waals surface area (Å²) in [6, 6.07) is 8.41. The van der Waals surface area contributed by atoms with E-state index in [-0.39, 0.29) is 0 Å². The molecule has 2 aromatic rings. The van der Waals surface area contributed by atoms with Gasteiger partial charge in [-0.25, -0.2) is 0 Å². The van der Waals surface area contributed by atoms with E-state index in [1.54, 1.807) is 0 Å². The Bertz CT molecular complexity index is 470. The monoisotopic (exact) mass is 200 g/mol. The second-order valence-electron chi connectivity index (χ2n) is 4.06. The van der Waals surface area contributed by atoms with Gasteiger partial charge < -0.3 is 5.73 Å². The molecular weight excluding hydrogens is 184 g/mol. The van der Waals surface area contributed by atoms with Crippen LogP contribution in [-0.2, 0) is 6.54 Å². The summed E-state index contributed by atoms with van der Waals surface area (Å²) >= 11 is 0. The average molecular weight is 200 g/mol. The number of nitrogens with two attached hydrogens (primary N) is 1. The predicted octanol–water partition coefficient (Wildman–Crippen LogP) is 2.82. The van der Waals surface area contributed by atoms with Gasteiger partial charge in [-0.05, 0) is 22.9 Å². The molecule has 0 radical (unpaired) electrons. The van der Waals surface area contributed by atoms with E-state index < -0.39 is 0 Å². The summed E-state index contributed by atoms with van der Waals surface area (Å²) in [5.74, 6) is 0.503. The van der Waals surface area contributed by atoms with E-state index in [0.717, 1.165) is 5.69 Å². The zero-order valence-corrected chi connectivity index (χ0v) is 9.20. The normalized spacial score (nSPS) is 11.2. The minimum absolute atomic E-state index is 0.501. The minimum Gasteiger partial charge on any atom is -0.325 e. The lowest BCUT2D eigenvalue weighted by molar-refractivity contribution is 0.871. The van der Waals surface area contributed by atoms with Gasteiger partial charge in [-0.1, -0.05) is 32.0 Å². The zero-order valence-electron chi connectivity index (χ0n) is 9.20. The summed E-state index contributed by atoms with van der Waals surface area (Å²) < 4.78 is 0. The van der Waals surface area contributed by atoms with Crippen LogP contribution in [0.3, 0.4) is 0 Å². The van der Waals surface area contributed by atoms with E-state index in [2.05, 4.69) is 37.0 Å². The number of hydrogen-bond acceptors (Lipinski definition) is 2. The second kappa shape index (κ2) is 3.99. The van der Waals surface area contributed by atoms with Crippen LogP contribution in [-0.4, -0.2) is 4.98 Å². The van der Waals surface area contributed by atoms with Crippen molar-refractivity contribution in [2.75, 3.05) is 0 Å². The summed E-state index contributed by atoms with van der Waals surface area (Å²) in [5.41, 5.74) is 8.05. The first-order valence-electron chi connectivity index (χ1n) is 5.30. The number of nitrogens with zero attached hydrogens (tertiary/aromatic N) is 1. The molecule has 0 atom stereocenters. The molecule has 0 saturated carbocycles. The van der Waals surface area contributed by atoms with Crippen molar-refractivity contribution in [3.63, 3.8) is 0 Å². The first-order chi connectivity index (χ1) is 7.24. The van der Waals surface area contributed by atoms with Crippen LogP contribution in [0.1, 0.15) is 31.0 Å². The van der Waals surface area contributed by atoms with Crippen molar-refractivity contribution in [1.82, 2.24) is 4.98 Å². The Morgan fingerprint density at radius 1 is 1.27 bits per heavy atom. The first-order valence-corrected chi connectivity index (χ1v) is 5.30. The summed E-state index contributed by atoms with van der Waals surface area (Å²) in [5, 5.41) is 2.47. The van der Waals surface area contributed by atoms with Crippen LogP contribution in [0.25, 0.3) is 10.8 Å². The van der Waals surface area contributed by atoms with E-state index in [0.29, 0.717) is 12.5 Å². The van der Waals surface area contributed by atoms with Crippen LogP contribution in [0, 0.1) is 0 Å². The van der Waals surface area contributed by atoms with Gasteiger partial charge >= 0.3 is 0 Å². The minimum atomic E-state index is 0.501. The predicted molar refractivity (Wildman–Crippen MR) is 63.7 cm³/mol. The van der Waals surface area contributed by atoms with E-state index in [4.69, 9.17) is 5.73 Å². The molecule has 78 valence electrons. The summed E-state index contributed by atoms with van der Waals surface area (Å²) in [7, 11) is 0. The molecule has 2 heteroatoms. The Kier molecular flexibility index (Phi) is 2.69. The smallest absolute Gasteiger partial charge is 0.0620 e. The Balaban J connectivity index is 2.81. The highest BCUT2D eigenvalue weighted by Crippen LogP contribution is 2.26. The standard InChI is InChI=1S/C13H16N2/c1-9(2)11-5-3-4-10-6-7-15-12(8-14)13(10)11/h3-7,9H,8,14H2,1-2H3. The molecule has 0 unspecified atom stereocenters. The van der Waals surface area contributed by atoms with Crippen molar-refractivity contribution in [1.29, 1.82) is 0 Å². The summed E-state index contributed by atoms with van der Waals surface area (Å²) in [6.07, 6.45) is 1.83.